The highest BCUT2D eigenvalue weighted by molar-refractivity contribution is 6.36. The van der Waals surface area contributed by atoms with Gasteiger partial charge in [-0.15, -0.1) is 0 Å². The van der Waals surface area contributed by atoms with Crippen LogP contribution in [0.25, 0.3) is 6.08 Å². The number of methoxy groups -OCH3 is 1. The molecule has 0 radical (unpaired) electrons. The minimum atomic E-state index is -1.51. The van der Waals surface area contributed by atoms with Crippen molar-refractivity contribution in [1.29, 1.82) is 5.41 Å². The van der Waals surface area contributed by atoms with E-state index in [1.165, 1.54) is 50.4 Å². The Labute approximate surface area is 296 Å². The van der Waals surface area contributed by atoms with E-state index >= 15 is 0 Å². The van der Waals surface area contributed by atoms with Gasteiger partial charge in [0.15, 0.2) is 17.2 Å². The lowest BCUT2D eigenvalue weighted by Crippen LogP contribution is -2.67. The number of ether oxygens (including phenoxy) is 6. The summed E-state index contributed by atoms with van der Waals surface area (Å²) in [6.45, 7) is 2.92. The van der Waals surface area contributed by atoms with Crippen LogP contribution in [0.5, 0.6) is 17.2 Å². The van der Waals surface area contributed by atoms with E-state index in [1.807, 2.05) is 0 Å². The van der Waals surface area contributed by atoms with E-state index in [2.05, 4.69) is 5.32 Å². The Morgan fingerprint density at radius 3 is 2.38 bits per heavy atom. The van der Waals surface area contributed by atoms with Crippen LogP contribution in [-0.4, -0.2) is 124 Å². The Morgan fingerprint density at radius 2 is 1.70 bits per heavy atom. The first kappa shape index (κ1) is 37.8. The summed E-state index contributed by atoms with van der Waals surface area (Å²) in [5.41, 5.74) is 1.26. The average Bonchev–Trinajstić information content (AvgIpc) is 3.68. The van der Waals surface area contributed by atoms with Gasteiger partial charge in [0.25, 0.3) is 0 Å². The highest BCUT2D eigenvalue weighted by atomic mass is 35.5. The zero-order valence-electron chi connectivity index (χ0n) is 27.0. The fourth-order valence-corrected chi connectivity index (χ4v) is 6.41. The first-order chi connectivity index (χ1) is 23.7. The molecule has 272 valence electrons. The van der Waals surface area contributed by atoms with E-state index in [9.17, 15) is 35.4 Å². The number of nitrogens with one attached hydrogen (secondary N) is 2. The monoisotopic (exact) mass is 740 g/mol. The van der Waals surface area contributed by atoms with Crippen molar-refractivity contribution in [3.63, 3.8) is 0 Å². The molecule has 15 nitrogen and oxygen atoms in total. The molecule has 8 N–H and O–H groups in total. The summed E-state index contributed by atoms with van der Waals surface area (Å²) >= 11 is 12.3. The normalized spacial score (nSPS) is 31.2. The van der Waals surface area contributed by atoms with Gasteiger partial charge in [-0.1, -0.05) is 29.3 Å². The van der Waals surface area contributed by atoms with Crippen molar-refractivity contribution in [3.8, 4) is 17.2 Å². The molecule has 1 saturated carbocycles. The summed E-state index contributed by atoms with van der Waals surface area (Å²) in [5, 5.41) is 74.4. The maximum Gasteiger partial charge on any atom is 0.247 e. The number of carbonyl (C=O) groups is 1. The van der Waals surface area contributed by atoms with Crippen molar-refractivity contribution in [1.82, 2.24) is 5.32 Å². The number of hydrogen-bond donors (Lipinski definition) is 8. The van der Waals surface area contributed by atoms with Crippen molar-refractivity contribution in [3.05, 3.63) is 68.7 Å². The molecule has 1 amide bonds. The van der Waals surface area contributed by atoms with Crippen molar-refractivity contribution in [2.75, 3.05) is 20.5 Å². The summed E-state index contributed by atoms with van der Waals surface area (Å²) in [6.07, 6.45) is -8.30. The molecule has 0 spiro atoms. The van der Waals surface area contributed by atoms with Crippen LogP contribution in [0, 0.1) is 5.41 Å². The molecule has 0 unspecified atom stereocenters. The van der Waals surface area contributed by atoms with Crippen LogP contribution < -0.4 is 14.8 Å². The molecule has 10 atom stereocenters. The number of aliphatic hydroxyl groups is 5. The molecule has 0 bridgehead atoms. The first-order valence-electron chi connectivity index (χ1n) is 15.4. The molecular formula is C33H38Cl2N2O13. The van der Waals surface area contributed by atoms with Gasteiger partial charge in [0.05, 0.1) is 23.7 Å². The topological polar surface area (TPSA) is 230 Å². The van der Waals surface area contributed by atoms with Crippen LogP contribution in [-0.2, 0) is 23.7 Å². The third kappa shape index (κ3) is 7.87. The van der Waals surface area contributed by atoms with Gasteiger partial charge < -0.3 is 64.4 Å². The third-order valence-electron chi connectivity index (χ3n) is 8.63. The van der Waals surface area contributed by atoms with Gasteiger partial charge in [-0.05, 0) is 61.4 Å². The van der Waals surface area contributed by atoms with Crippen molar-refractivity contribution >= 4 is 41.1 Å². The van der Waals surface area contributed by atoms with Gasteiger partial charge in [-0.25, -0.2) is 0 Å². The van der Waals surface area contributed by atoms with Crippen molar-refractivity contribution in [2.45, 2.75) is 75.0 Å². The number of halogens is 2. The van der Waals surface area contributed by atoms with E-state index in [4.69, 9.17) is 57.0 Å². The van der Waals surface area contributed by atoms with Crippen LogP contribution in [0.2, 0.25) is 10.0 Å². The SMILES string of the molecule is COC(=N)c1cc(Cl)cc(Cl)c1OC/C=C(/C)[C@H]1O[C@@H](Oc2ccc(/C=C(\C)C(=O)N[C@@H]3[C@H](O)[C@@H](O)[C@H]4OCO[C@H]4[C@@H]3O)cc2O)[C@@H](O)[C@@H]1O. The molecule has 0 aromatic heterocycles. The summed E-state index contributed by atoms with van der Waals surface area (Å²) in [7, 11) is 1.32. The molecule has 5 rings (SSSR count). The van der Waals surface area contributed by atoms with Crippen LogP contribution in [0.3, 0.4) is 0 Å². The Bertz CT molecular complexity index is 1660. The third-order valence-corrected chi connectivity index (χ3v) is 9.13. The predicted octanol–water partition coefficient (Wildman–Crippen LogP) is 1.25. The molecule has 3 aliphatic rings. The number of hydrogen-bond acceptors (Lipinski definition) is 14. The Kier molecular flexibility index (Phi) is 11.9. The Hall–Kier alpha value is -3.48. The largest absolute Gasteiger partial charge is 0.504 e. The van der Waals surface area contributed by atoms with Gasteiger partial charge >= 0.3 is 0 Å². The number of benzene rings is 2. The smallest absolute Gasteiger partial charge is 0.247 e. The first-order valence-corrected chi connectivity index (χ1v) is 16.2. The lowest BCUT2D eigenvalue weighted by molar-refractivity contribution is -0.155. The maximum atomic E-state index is 12.9. The van der Waals surface area contributed by atoms with Crippen molar-refractivity contribution in [2.24, 2.45) is 0 Å². The van der Waals surface area contributed by atoms with Crippen LogP contribution in [0.4, 0.5) is 0 Å². The predicted molar refractivity (Wildman–Crippen MR) is 177 cm³/mol. The van der Waals surface area contributed by atoms with Crippen molar-refractivity contribution < 1.29 is 63.9 Å². The van der Waals surface area contributed by atoms with E-state index < -0.39 is 67.1 Å². The standard InChI is InChI=1S/C33H38Cl2N2O13/c1-13(6-7-46-28-17(31(36)45-3)10-16(34)11-18(28)35)27-25(42)26(43)33(50-27)49-20-5-4-15(9-19(20)38)8-14(2)32(44)37-21-22(39)24(41)30-29(23(21)40)47-12-48-30/h4-6,8-11,21-27,29-30,33,36,38-43H,7,12H2,1-3H3,(H,37,44)/b13-6-,14-8+,36-31?/t21-,22+,23-,24-,25+,26+,27-,29+,30-,33-/m1/s1. The number of carbonyl (C=O) groups excluding carboxylic acids is 1. The number of phenols is 1. The summed E-state index contributed by atoms with van der Waals surface area (Å²) in [4.78, 5) is 12.9. The second-order valence-corrected chi connectivity index (χ2v) is 12.8. The highest BCUT2D eigenvalue weighted by Gasteiger charge is 2.53. The van der Waals surface area contributed by atoms with Crippen LogP contribution in [0.1, 0.15) is 25.0 Å². The molecule has 2 heterocycles. The molecule has 2 aliphatic heterocycles. The quantitative estimate of drug-likeness (QED) is 0.0743. The number of aliphatic hydroxyl groups excluding tert-OH is 5. The molecule has 50 heavy (non-hydrogen) atoms. The molecular weight excluding hydrogens is 703 g/mol. The van der Waals surface area contributed by atoms with E-state index in [0.29, 0.717) is 11.1 Å². The van der Waals surface area contributed by atoms with Gasteiger partial charge in [-0.2, -0.15) is 0 Å². The fraction of sp³-hybridized carbons (Fsp3) is 0.455. The van der Waals surface area contributed by atoms with Gasteiger partial charge in [0.2, 0.25) is 18.1 Å². The van der Waals surface area contributed by atoms with E-state index in [1.54, 1.807) is 13.0 Å². The Balaban J connectivity index is 1.19. The van der Waals surface area contributed by atoms with Gasteiger partial charge in [0, 0.05) is 10.6 Å². The molecule has 1 aliphatic carbocycles. The van der Waals surface area contributed by atoms with Gasteiger partial charge in [0.1, 0.15) is 62.2 Å². The number of amides is 1. The molecule has 2 aromatic carbocycles. The molecule has 17 heteroatoms. The Morgan fingerprint density at radius 1 is 1.00 bits per heavy atom. The van der Waals surface area contributed by atoms with Gasteiger partial charge in [-0.3, -0.25) is 10.2 Å². The number of rotatable bonds is 10. The second-order valence-electron chi connectivity index (χ2n) is 12.0. The molecule has 2 saturated heterocycles. The van der Waals surface area contributed by atoms with E-state index in [-0.39, 0.29) is 57.7 Å². The maximum absolute atomic E-state index is 12.9. The van der Waals surface area contributed by atoms with E-state index in [0.717, 1.165) is 0 Å². The molecule has 2 aromatic rings. The van der Waals surface area contributed by atoms with Crippen LogP contribution in [0.15, 0.2) is 47.6 Å². The lowest BCUT2D eigenvalue weighted by Gasteiger charge is -2.41. The summed E-state index contributed by atoms with van der Waals surface area (Å²) in [5.74, 6) is -1.13. The minimum Gasteiger partial charge on any atom is -0.504 e. The molecule has 3 fully saturated rings. The fourth-order valence-electron chi connectivity index (χ4n) is 5.86. The number of phenolic OH excluding ortho intramolecular Hbond substituents is 1. The number of aromatic hydroxyl groups is 1. The zero-order valence-corrected chi connectivity index (χ0v) is 28.5. The average molecular weight is 742 g/mol. The minimum absolute atomic E-state index is 0.0489. The zero-order chi connectivity index (χ0) is 36.4. The second kappa shape index (κ2) is 15.8. The summed E-state index contributed by atoms with van der Waals surface area (Å²) in [6, 6.07) is 5.90. The highest BCUT2D eigenvalue weighted by Crippen LogP contribution is 2.36. The van der Waals surface area contributed by atoms with Crippen LogP contribution >= 0.6 is 23.2 Å². The summed E-state index contributed by atoms with van der Waals surface area (Å²) < 4.78 is 32.7. The lowest BCUT2D eigenvalue weighted by atomic mass is 9.83. The number of fused-ring (bicyclic) bond motifs is 1.